The van der Waals surface area contributed by atoms with E-state index in [0.29, 0.717) is 16.3 Å². The standard InChI is InChI=1S/C14H18ClN3O/c15-11-2-1-3-12(16)13(11)14(19)18-8-6-17(7-9-18)10-4-5-10/h1-3,10H,4-9,16H2. The van der Waals surface area contributed by atoms with Crippen molar-refractivity contribution in [2.45, 2.75) is 18.9 Å². The summed E-state index contributed by atoms with van der Waals surface area (Å²) in [4.78, 5) is 16.8. The molecule has 1 aliphatic heterocycles. The Bertz CT molecular complexity index is 473. The molecule has 0 bridgehead atoms. The van der Waals surface area contributed by atoms with E-state index in [2.05, 4.69) is 4.90 Å². The lowest BCUT2D eigenvalue weighted by atomic mass is 10.1. The molecule has 1 aliphatic carbocycles. The van der Waals surface area contributed by atoms with Crippen molar-refractivity contribution in [3.8, 4) is 0 Å². The maximum atomic E-state index is 12.5. The second kappa shape index (κ2) is 5.02. The highest BCUT2D eigenvalue weighted by Gasteiger charge is 2.33. The quantitative estimate of drug-likeness (QED) is 0.841. The minimum Gasteiger partial charge on any atom is -0.398 e. The van der Waals surface area contributed by atoms with Crippen LogP contribution in [0.5, 0.6) is 0 Å². The van der Waals surface area contributed by atoms with Gasteiger partial charge in [0.25, 0.3) is 5.91 Å². The van der Waals surface area contributed by atoms with Crippen molar-refractivity contribution in [1.29, 1.82) is 0 Å². The molecule has 2 fully saturated rings. The van der Waals surface area contributed by atoms with Gasteiger partial charge in [0.2, 0.25) is 0 Å². The van der Waals surface area contributed by atoms with Gasteiger partial charge in [-0.2, -0.15) is 0 Å². The number of nitrogens with zero attached hydrogens (tertiary/aromatic N) is 2. The van der Waals surface area contributed by atoms with E-state index in [1.807, 2.05) is 4.90 Å². The Morgan fingerprint density at radius 3 is 2.47 bits per heavy atom. The van der Waals surface area contributed by atoms with E-state index in [0.717, 1.165) is 32.2 Å². The van der Waals surface area contributed by atoms with Crippen LogP contribution in [-0.2, 0) is 0 Å². The number of hydrogen-bond donors (Lipinski definition) is 1. The monoisotopic (exact) mass is 279 g/mol. The van der Waals surface area contributed by atoms with Gasteiger partial charge in [-0.3, -0.25) is 9.69 Å². The van der Waals surface area contributed by atoms with Gasteiger partial charge in [0.1, 0.15) is 0 Å². The summed E-state index contributed by atoms with van der Waals surface area (Å²) in [6.07, 6.45) is 2.62. The maximum Gasteiger partial charge on any atom is 0.257 e. The largest absolute Gasteiger partial charge is 0.398 e. The normalized spacial score (nSPS) is 20.6. The Hall–Kier alpha value is -1.26. The van der Waals surface area contributed by atoms with Gasteiger partial charge in [-0.05, 0) is 25.0 Å². The lowest BCUT2D eigenvalue weighted by molar-refractivity contribution is 0.0628. The number of halogens is 1. The number of rotatable bonds is 2. The zero-order valence-corrected chi connectivity index (χ0v) is 11.6. The summed E-state index contributed by atoms with van der Waals surface area (Å²) in [6.45, 7) is 3.45. The highest BCUT2D eigenvalue weighted by Crippen LogP contribution is 2.28. The van der Waals surface area contributed by atoms with E-state index >= 15 is 0 Å². The third-order valence-electron chi connectivity index (χ3n) is 3.92. The minimum atomic E-state index is -0.0430. The fourth-order valence-corrected chi connectivity index (χ4v) is 2.92. The molecular formula is C14H18ClN3O. The lowest BCUT2D eigenvalue weighted by Gasteiger charge is -2.35. The Labute approximate surface area is 118 Å². The number of carbonyl (C=O) groups is 1. The SMILES string of the molecule is Nc1cccc(Cl)c1C(=O)N1CCN(C2CC2)CC1. The molecule has 0 radical (unpaired) electrons. The molecule has 4 nitrogen and oxygen atoms in total. The van der Waals surface area contributed by atoms with Crippen LogP contribution >= 0.6 is 11.6 Å². The number of carbonyl (C=O) groups excluding carboxylic acids is 1. The summed E-state index contributed by atoms with van der Waals surface area (Å²) in [5.41, 5.74) is 6.78. The van der Waals surface area contributed by atoms with Gasteiger partial charge in [0, 0.05) is 37.9 Å². The molecule has 1 heterocycles. The summed E-state index contributed by atoms with van der Waals surface area (Å²) in [6, 6.07) is 5.97. The number of anilines is 1. The summed E-state index contributed by atoms with van der Waals surface area (Å²) in [7, 11) is 0. The van der Waals surface area contributed by atoms with Crippen molar-refractivity contribution in [3.05, 3.63) is 28.8 Å². The summed E-state index contributed by atoms with van der Waals surface area (Å²) in [5.74, 6) is -0.0430. The fourth-order valence-electron chi connectivity index (χ4n) is 2.65. The minimum absolute atomic E-state index is 0.0430. The molecule has 1 amide bonds. The number of benzene rings is 1. The van der Waals surface area contributed by atoms with Gasteiger partial charge in [0.15, 0.2) is 0 Å². The molecule has 1 saturated heterocycles. The zero-order valence-electron chi connectivity index (χ0n) is 10.8. The number of nitrogens with two attached hydrogens (primary N) is 1. The maximum absolute atomic E-state index is 12.5. The Kier molecular flexibility index (Phi) is 3.37. The van der Waals surface area contributed by atoms with Gasteiger partial charge in [-0.1, -0.05) is 17.7 Å². The summed E-state index contributed by atoms with van der Waals surface area (Å²) < 4.78 is 0. The molecule has 19 heavy (non-hydrogen) atoms. The first kappa shape index (κ1) is 12.8. The first-order valence-corrected chi connectivity index (χ1v) is 7.12. The number of amides is 1. The molecule has 1 aromatic rings. The van der Waals surface area contributed by atoms with Gasteiger partial charge in [0.05, 0.1) is 10.6 Å². The second-order valence-electron chi connectivity index (χ2n) is 5.26. The molecule has 1 saturated carbocycles. The Morgan fingerprint density at radius 2 is 1.89 bits per heavy atom. The lowest BCUT2D eigenvalue weighted by Crippen LogP contribution is -2.49. The zero-order chi connectivity index (χ0) is 13.4. The van der Waals surface area contributed by atoms with Crippen molar-refractivity contribution < 1.29 is 4.79 Å². The molecule has 2 aliphatic rings. The van der Waals surface area contributed by atoms with Crippen LogP contribution in [0.15, 0.2) is 18.2 Å². The van der Waals surface area contributed by atoms with E-state index < -0.39 is 0 Å². The first-order chi connectivity index (χ1) is 9.16. The first-order valence-electron chi connectivity index (χ1n) is 6.74. The third kappa shape index (κ3) is 2.55. The number of hydrogen-bond acceptors (Lipinski definition) is 3. The van der Waals surface area contributed by atoms with Crippen LogP contribution in [0.4, 0.5) is 5.69 Å². The van der Waals surface area contributed by atoms with Crippen molar-refractivity contribution in [3.63, 3.8) is 0 Å². The van der Waals surface area contributed by atoms with Gasteiger partial charge >= 0.3 is 0 Å². The fraction of sp³-hybridized carbons (Fsp3) is 0.500. The molecule has 1 aromatic carbocycles. The van der Waals surface area contributed by atoms with Crippen LogP contribution in [0.2, 0.25) is 5.02 Å². The molecule has 0 aromatic heterocycles. The van der Waals surface area contributed by atoms with Crippen LogP contribution in [0.1, 0.15) is 23.2 Å². The van der Waals surface area contributed by atoms with Crippen LogP contribution in [0.25, 0.3) is 0 Å². The van der Waals surface area contributed by atoms with Gasteiger partial charge < -0.3 is 10.6 Å². The predicted octanol–water partition coefficient (Wildman–Crippen LogP) is 1.84. The van der Waals surface area contributed by atoms with Crippen LogP contribution in [-0.4, -0.2) is 47.9 Å². The molecule has 2 N–H and O–H groups in total. The average Bonchev–Trinajstić information content (AvgIpc) is 3.23. The smallest absolute Gasteiger partial charge is 0.257 e. The highest BCUT2D eigenvalue weighted by atomic mass is 35.5. The van der Waals surface area contributed by atoms with Crippen LogP contribution < -0.4 is 5.73 Å². The molecule has 0 unspecified atom stereocenters. The number of piperazine rings is 1. The van der Waals surface area contributed by atoms with E-state index in [-0.39, 0.29) is 5.91 Å². The average molecular weight is 280 g/mol. The van der Waals surface area contributed by atoms with E-state index in [9.17, 15) is 4.79 Å². The summed E-state index contributed by atoms with van der Waals surface area (Å²) in [5, 5.41) is 0.439. The molecule has 3 rings (SSSR count). The molecular weight excluding hydrogens is 262 g/mol. The van der Waals surface area contributed by atoms with E-state index in [4.69, 9.17) is 17.3 Å². The predicted molar refractivity (Wildman–Crippen MR) is 76.4 cm³/mol. The Balaban J connectivity index is 1.70. The van der Waals surface area contributed by atoms with Gasteiger partial charge in [-0.15, -0.1) is 0 Å². The molecule has 0 spiro atoms. The molecule has 0 atom stereocenters. The van der Waals surface area contributed by atoms with E-state index in [1.54, 1.807) is 18.2 Å². The summed E-state index contributed by atoms with van der Waals surface area (Å²) >= 11 is 6.09. The Morgan fingerprint density at radius 1 is 1.21 bits per heavy atom. The highest BCUT2D eigenvalue weighted by molar-refractivity contribution is 6.34. The molecule has 5 heteroatoms. The van der Waals surface area contributed by atoms with Crippen molar-refractivity contribution in [2.24, 2.45) is 0 Å². The van der Waals surface area contributed by atoms with E-state index in [1.165, 1.54) is 12.8 Å². The van der Waals surface area contributed by atoms with Gasteiger partial charge in [-0.25, -0.2) is 0 Å². The number of nitrogen functional groups attached to an aromatic ring is 1. The third-order valence-corrected chi connectivity index (χ3v) is 4.24. The van der Waals surface area contributed by atoms with Crippen molar-refractivity contribution in [2.75, 3.05) is 31.9 Å². The van der Waals surface area contributed by atoms with Crippen molar-refractivity contribution in [1.82, 2.24) is 9.80 Å². The second-order valence-corrected chi connectivity index (χ2v) is 5.67. The van der Waals surface area contributed by atoms with Crippen LogP contribution in [0, 0.1) is 0 Å². The topological polar surface area (TPSA) is 49.6 Å². The van der Waals surface area contributed by atoms with Crippen molar-refractivity contribution >= 4 is 23.2 Å². The molecule has 102 valence electrons. The van der Waals surface area contributed by atoms with Crippen LogP contribution in [0.3, 0.4) is 0 Å².